The lowest BCUT2D eigenvalue weighted by Gasteiger charge is -2.22. The van der Waals surface area contributed by atoms with Crippen LogP contribution in [0.15, 0.2) is 235 Å². The van der Waals surface area contributed by atoms with E-state index < -0.39 is 0 Å². The minimum absolute atomic E-state index is 0.204. The Bertz CT molecular complexity index is 5210. The number of hydrogen-bond acceptors (Lipinski definition) is 3. The van der Waals surface area contributed by atoms with E-state index >= 15 is 0 Å². The van der Waals surface area contributed by atoms with Gasteiger partial charge in [-0.1, -0.05) is 190 Å². The molecule has 0 unspecified atom stereocenters. The Kier molecular flexibility index (Phi) is 8.28. The van der Waals surface area contributed by atoms with Crippen LogP contribution in [-0.4, -0.2) is 19.1 Å². The third-order valence-corrected chi connectivity index (χ3v) is 16.9. The third-order valence-electron chi connectivity index (χ3n) is 16.9. The molecule has 5 nitrogen and oxygen atoms in total. The molecule has 0 bridgehead atoms. The van der Waals surface area contributed by atoms with Gasteiger partial charge in [0.1, 0.15) is 11.1 Å². The molecular weight excluding hydrogens is 925 g/mol. The molecule has 1 aliphatic rings. The second-order valence-corrected chi connectivity index (χ2v) is 21.2. The van der Waals surface area contributed by atoms with Gasteiger partial charge in [-0.25, -0.2) is 9.97 Å². The molecule has 17 rings (SSSR count). The third kappa shape index (κ3) is 5.53. The van der Waals surface area contributed by atoms with Crippen molar-refractivity contribution in [3.8, 4) is 45.1 Å². The smallest absolute Gasteiger partial charge is 0.235 e. The number of hydrogen-bond donors (Lipinski definition) is 0. The normalized spacial score (nSPS) is 13.2. The van der Waals surface area contributed by atoms with E-state index in [2.05, 4.69) is 254 Å². The van der Waals surface area contributed by atoms with Crippen LogP contribution in [0.25, 0.3) is 154 Å². The minimum atomic E-state index is -0.204. The highest BCUT2D eigenvalue weighted by atomic mass is 16.3. The fourth-order valence-corrected chi connectivity index (χ4v) is 13.5. The van der Waals surface area contributed by atoms with Gasteiger partial charge in [-0.2, -0.15) is 0 Å². The molecule has 76 heavy (non-hydrogen) atoms. The van der Waals surface area contributed by atoms with Crippen molar-refractivity contribution in [2.75, 3.05) is 0 Å². The van der Waals surface area contributed by atoms with Crippen LogP contribution in [0.3, 0.4) is 0 Å². The highest BCUT2D eigenvalue weighted by molar-refractivity contribution is 6.35. The first-order valence-corrected chi connectivity index (χ1v) is 26.2. The van der Waals surface area contributed by atoms with Gasteiger partial charge in [-0.15, -0.1) is 0 Å². The van der Waals surface area contributed by atoms with Crippen LogP contribution in [-0.2, 0) is 5.41 Å². The number of nitrogens with zero attached hydrogens (tertiary/aromatic N) is 4. The predicted molar refractivity (Wildman–Crippen MR) is 316 cm³/mol. The van der Waals surface area contributed by atoms with E-state index in [-0.39, 0.29) is 5.41 Å². The van der Waals surface area contributed by atoms with Crippen LogP contribution in [0.1, 0.15) is 25.0 Å². The summed E-state index contributed by atoms with van der Waals surface area (Å²) >= 11 is 0. The summed E-state index contributed by atoms with van der Waals surface area (Å²) in [6.07, 6.45) is 0. The van der Waals surface area contributed by atoms with E-state index in [1.165, 1.54) is 49.4 Å². The quantitative estimate of drug-likeness (QED) is 0.165. The first-order valence-electron chi connectivity index (χ1n) is 26.2. The average Bonchev–Trinajstić information content (AvgIpc) is 4.21. The molecule has 0 atom stereocenters. The van der Waals surface area contributed by atoms with Gasteiger partial charge in [0.05, 0.1) is 27.8 Å². The van der Waals surface area contributed by atoms with Crippen LogP contribution >= 0.6 is 0 Å². The van der Waals surface area contributed by atoms with Crippen molar-refractivity contribution in [3.63, 3.8) is 0 Å². The first kappa shape index (κ1) is 41.6. The van der Waals surface area contributed by atoms with Crippen molar-refractivity contribution in [2.24, 2.45) is 0 Å². The Labute approximate surface area is 436 Å². The summed E-state index contributed by atoms with van der Waals surface area (Å²) in [6.45, 7) is 4.70. The summed E-state index contributed by atoms with van der Waals surface area (Å²) in [4.78, 5) is 11.7. The molecule has 1 aliphatic carbocycles. The largest absolute Gasteiger partial charge is 0.454 e. The maximum atomic E-state index is 7.16. The topological polar surface area (TPSA) is 48.8 Å². The number of rotatable bonds is 4. The molecule has 0 saturated carbocycles. The molecule has 0 fully saturated rings. The molecule has 4 heterocycles. The van der Waals surface area contributed by atoms with Crippen molar-refractivity contribution < 1.29 is 4.42 Å². The fourth-order valence-electron chi connectivity index (χ4n) is 13.5. The van der Waals surface area contributed by atoms with Crippen molar-refractivity contribution in [2.45, 2.75) is 19.3 Å². The lowest BCUT2D eigenvalue weighted by Crippen LogP contribution is -2.15. The molecule has 0 amide bonds. The maximum Gasteiger partial charge on any atom is 0.235 e. The summed E-state index contributed by atoms with van der Waals surface area (Å²) in [7, 11) is 0. The van der Waals surface area contributed by atoms with Gasteiger partial charge >= 0.3 is 0 Å². The van der Waals surface area contributed by atoms with E-state index in [1.54, 1.807) is 0 Å². The maximum absolute atomic E-state index is 7.16. The lowest BCUT2D eigenvalue weighted by atomic mass is 9.81. The standard InChI is InChI=1S/C71H44N4O/c1-71(2)57-29-15-12-22-47(57)48-35-32-43(40-58(48)71)66-65-50-24-8-6-20-45(50)46-21-7-11-27-53(46)67(65)73-70(72-66)75-61-37-34-42(41-33-36-60-55(38-41)49-23-13-16-30-59(49)74(60)44-18-4-3-5-19-44)39-56(61)63-51-25-9-10-26-52(51)64-54-28-14-17-31-62(54)76-69(64)68(63)75/h3-40H,1-2H3. The van der Waals surface area contributed by atoms with E-state index in [9.17, 15) is 0 Å². The van der Waals surface area contributed by atoms with Crippen LogP contribution in [0.2, 0.25) is 0 Å². The van der Waals surface area contributed by atoms with E-state index in [1.807, 2.05) is 0 Å². The molecule has 5 heteroatoms. The lowest BCUT2D eigenvalue weighted by molar-refractivity contribution is 0.660. The zero-order chi connectivity index (χ0) is 50.0. The monoisotopic (exact) mass is 968 g/mol. The summed E-state index contributed by atoms with van der Waals surface area (Å²) in [5, 5.41) is 14.7. The Hall–Kier alpha value is -9.84. The van der Waals surface area contributed by atoms with Gasteiger partial charge < -0.3 is 8.98 Å². The molecule has 0 radical (unpaired) electrons. The van der Waals surface area contributed by atoms with Crippen LogP contribution < -0.4 is 0 Å². The second-order valence-electron chi connectivity index (χ2n) is 21.2. The minimum Gasteiger partial charge on any atom is -0.454 e. The molecule has 0 saturated heterocycles. The van der Waals surface area contributed by atoms with E-state index in [0.29, 0.717) is 5.95 Å². The summed E-state index contributed by atoms with van der Waals surface area (Å²) < 4.78 is 11.8. The van der Waals surface area contributed by atoms with Crippen molar-refractivity contribution in [1.29, 1.82) is 0 Å². The van der Waals surface area contributed by atoms with E-state index in [0.717, 1.165) is 110 Å². The van der Waals surface area contributed by atoms with E-state index in [4.69, 9.17) is 14.4 Å². The Balaban J connectivity index is 1.00. The second kappa shape index (κ2) is 15.1. The molecule has 0 spiro atoms. The summed E-state index contributed by atoms with van der Waals surface area (Å²) in [5.41, 5.74) is 17.2. The van der Waals surface area contributed by atoms with Crippen molar-refractivity contribution >= 4 is 109 Å². The van der Waals surface area contributed by atoms with Gasteiger partial charge in [0.15, 0.2) is 5.58 Å². The average molecular weight is 969 g/mol. The number of fused-ring (bicyclic) bond motifs is 22. The molecular formula is C71H44N4O. The first-order chi connectivity index (χ1) is 37.5. The molecule has 0 aliphatic heterocycles. The van der Waals surface area contributed by atoms with Crippen molar-refractivity contribution in [3.05, 3.63) is 242 Å². The van der Waals surface area contributed by atoms with Gasteiger partial charge in [0.2, 0.25) is 5.95 Å². The Morgan fingerprint density at radius 3 is 1.70 bits per heavy atom. The Morgan fingerprint density at radius 1 is 0.368 bits per heavy atom. The van der Waals surface area contributed by atoms with Crippen molar-refractivity contribution in [1.82, 2.24) is 19.1 Å². The number of para-hydroxylation sites is 3. The summed E-state index contributed by atoms with van der Waals surface area (Å²) in [6, 6.07) is 83.9. The van der Waals surface area contributed by atoms with Crippen LogP contribution in [0.4, 0.5) is 0 Å². The van der Waals surface area contributed by atoms with Crippen LogP contribution in [0.5, 0.6) is 0 Å². The number of benzene rings is 12. The molecule has 12 aromatic carbocycles. The zero-order valence-corrected chi connectivity index (χ0v) is 41.6. The number of furan rings is 1. The Morgan fingerprint density at radius 2 is 0.921 bits per heavy atom. The van der Waals surface area contributed by atoms with Gasteiger partial charge in [-0.3, -0.25) is 4.57 Å². The molecule has 0 N–H and O–H groups in total. The van der Waals surface area contributed by atoms with Gasteiger partial charge in [-0.05, 0) is 115 Å². The molecule has 354 valence electrons. The zero-order valence-electron chi connectivity index (χ0n) is 41.6. The highest BCUT2D eigenvalue weighted by Crippen LogP contribution is 2.52. The predicted octanol–water partition coefficient (Wildman–Crippen LogP) is 18.8. The molecule has 16 aromatic rings. The fraction of sp³-hybridized carbons (Fsp3) is 0.0423. The van der Waals surface area contributed by atoms with Gasteiger partial charge in [0, 0.05) is 59.8 Å². The van der Waals surface area contributed by atoms with Gasteiger partial charge in [0.25, 0.3) is 0 Å². The molecule has 4 aromatic heterocycles. The number of aromatic nitrogens is 4. The summed E-state index contributed by atoms with van der Waals surface area (Å²) in [5.74, 6) is 0.589. The van der Waals surface area contributed by atoms with Crippen LogP contribution in [0, 0.1) is 0 Å². The highest BCUT2D eigenvalue weighted by Gasteiger charge is 2.36. The SMILES string of the molecule is CC1(C)c2ccccc2-c2ccc(-c3nc(-n4c5ccc(-c6ccc7c(c6)c6ccccc6n7-c6ccccc6)cc5c5c6ccccc6c6c7ccccc7oc6c54)nc4c5ccccc5c5ccccc5c34)cc21.